The molecule has 2 aromatic heterocycles. The van der Waals surface area contributed by atoms with Gasteiger partial charge < -0.3 is 4.90 Å². The highest BCUT2D eigenvalue weighted by atomic mass is 32.1. The number of thiophene rings is 1. The van der Waals surface area contributed by atoms with Crippen molar-refractivity contribution in [2.24, 2.45) is 0 Å². The van der Waals surface area contributed by atoms with Crippen LogP contribution in [0.3, 0.4) is 0 Å². The van der Waals surface area contributed by atoms with Gasteiger partial charge in [0.1, 0.15) is 22.8 Å². The van der Waals surface area contributed by atoms with E-state index in [1.54, 1.807) is 17.7 Å². The number of Topliss-reactive ketones (excluding diaryl/α,β-unsaturated/α-hetero) is 1. The van der Waals surface area contributed by atoms with E-state index in [0.717, 1.165) is 29.1 Å². The monoisotopic (exact) mass is 309 g/mol. The van der Waals surface area contributed by atoms with Crippen molar-refractivity contribution in [2.45, 2.75) is 12.8 Å². The van der Waals surface area contributed by atoms with E-state index in [1.165, 1.54) is 11.1 Å². The molecular formula is C17H15N3OS. The molecule has 4 nitrogen and oxygen atoms in total. The number of benzene rings is 1. The van der Waals surface area contributed by atoms with E-state index in [4.69, 9.17) is 0 Å². The fourth-order valence-electron chi connectivity index (χ4n) is 2.90. The van der Waals surface area contributed by atoms with Gasteiger partial charge in [-0.15, -0.1) is 11.3 Å². The first-order valence-electron chi connectivity index (χ1n) is 7.37. The molecule has 4 rings (SSSR count). The number of nitrogens with zero attached hydrogens (tertiary/aromatic N) is 3. The van der Waals surface area contributed by atoms with Crippen LogP contribution in [0.1, 0.15) is 12.8 Å². The first-order valence-corrected chi connectivity index (χ1v) is 8.25. The first-order chi connectivity index (χ1) is 10.8. The number of carbonyl (C=O) groups is 1. The minimum atomic E-state index is 0.343. The maximum absolute atomic E-state index is 11.5. The highest BCUT2D eigenvalue weighted by Crippen LogP contribution is 2.38. The molecule has 1 fully saturated rings. The molecule has 0 spiro atoms. The van der Waals surface area contributed by atoms with Gasteiger partial charge in [0.25, 0.3) is 0 Å². The van der Waals surface area contributed by atoms with Gasteiger partial charge in [-0.2, -0.15) is 0 Å². The molecule has 0 amide bonds. The Hall–Kier alpha value is -2.27. The van der Waals surface area contributed by atoms with Crippen LogP contribution in [0.25, 0.3) is 21.3 Å². The standard InChI is InChI=1S/C17H15N3OS/c21-13-6-8-20(9-7-13)16-15-14(12-4-2-1-3-5-12)10-22-17(15)19-11-18-16/h1-5,10-11H,6-9H2. The molecule has 0 radical (unpaired) electrons. The van der Waals surface area contributed by atoms with E-state index in [9.17, 15) is 4.79 Å². The predicted molar refractivity (Wildman–Crippen MR) is 89.3 cm³/mol. The van der Waals surface area contributed by atoms with Crippen LogP contribution in [0.4, 0.5) is 5.82 Å². The smallest absolute Gasteiger partial charge is 0.141 e. The zero-order chi connectivity index (χ0) is 14.9. The molecule has 3 heterocycles. The fraction of sp³-hybridized carbons (Fsp3) is 0.235. The minimum Gasteiger partial charge on any atom is -0.355 e. The quantitative estimate of drug-likeness (QED) is 0.726. The first kappa shape index (κ1) is 13.4. The van der Waals surface area contributed by atoms with E-state index >= 15 is 0 Å². The summed E-state index contributed by atoms with van der Waals surface area (Å²) in [5, 5.41) is 3.25. The summed E-state index contributed by atoms with van der Waals surface area (Å²) in [6.45, 7) is 1.49. The van der Waals surface area contributed by atoms with Crippen molar-refractivity contribution in [1.82, 2.24) is 9.97 Å². The molecule has 1 aliphatic rings. The Kier molecular flexibility index (Phi) is 3.35. The number of hydrogen-bond acceptors (Lipinski definition) is 5. The lowest BCUT2D eigenvalue weighted by molar-refractivity contribution is -0.119. The van der Waals surface area contributed by atoms with Crippen molar-refractivity contribution in [2.75, 3.05) is 18.0 Å². The molecule has 0 N–H and O–H groups in total. The lowest BCUT2D eigenvalue weighted by atomic mass is 10.0. The van der Waals surface area contributed by atoms with Crippen molar-refractivity contribution in [1.29, 1.82) is 0 Å². The molecule has 0 atom stereocenters. The van der Waals surface area contributed by atoms with Crippen LogP contribution in [0.5, 0.6) is 0 Å². The van der Waals surface area contributed by atoms with Crippen LogP contribution in [0, 0.1) is 0 Å². The molecule has 0 unspecified atom stereocenters. The average molecular weight is 309 g/mol. The van der Waals surface area contributed by atoms with Gasteiger partial charge in [-0.3, -0.25) is 4.79 Å². The maximum atomic E-state index is 11.5. The van der Waals surface area contributed by atoms with E-state index in [0.29, 0.717) is 18.6 Å². The average Bonchev–Trinajstić information content (AvgIpc) is 3.00. The summed E-state index contributed by atoms with van der Waals surface area (Å²) in [5.74, 6) is 1.30. The summed E-state index contributed by atoms with van der Waals surface area (Å²) < 4.78 is 0. The number of aromatic nitrogens is 2. The summed E-state index contributed by atoms with van der Waals surface area (Å²) in [6.07, 6.45) is 2.84. The molecule has 110 valence electrons. The number of piperidine rings is 1. The molecule has 0 bridgehead atoms. The Morgan fingerprint density at radius 3 is 2.59 bits per heavy atom. The van der Waals surface area contributed by atoms with Crippen molar-refractivity contribution in [3.05, 3.63) is 42.0 Å². The number of fused-ring (bicyclic) bond motifs is 1. The Morgan fingerprint density at radius 1 is 1.05 bits per heavy atom. The normalized spacial score (nSPS) is 15.5. The Bertz CT molecular complexity index is 818. The number of carbonyl (C=O) groups excluding carboxylic acids is 1. The van der Waals surface area contributed by atoms with Crippen molar-refractivity contribution >= 4 is 33.2 Å². The molecule has 1 saturated heterocycles. The van der Waals surface area contributed by atoms with Gasteiger partial charge in [0.2, 0.25) is 0 Å². The predicted octanol–water partition coefficient (Wildman–Crippen LogP) is 3.53. The number of ketones is 1. The summed E-state index contributed by atoms with van der Waals surface area (Å²) in [4.78, 5) is 23.6. The van der Waals surface area contributed by atoms with E-state index < -0.39 is 0 Å². The number of hydrogen-bond donors (Lipinski definition) is 0. The van der Waals surface area contributed by atoms with Crippen LogP contribution in [0.15, 0.2) is 42.0 Å². The van der Waals surface area contributed by atoms with E-state index in [1.807, 2.05) is 18.2 Å². The SMILES string of the molecule is O=C1CCN(c2ncnc3scc(-c4ccccc4)c23)CC1. The number of anilines is 1. The maximum Gasteiger partial charge on any atom is 0.141 e. The molecule has 5 heteroatoms. The highest BCUT2D eigenvalue weighted by molar-refractivity contribution is 7.17. The summed E-state index contributed by atoms with van der Waals surface area (Å²) in [7, 11) is 0. The lowest BCUT2D eigenvalue weighted by Crippen LogP contribution is -2.34. The van der Waals surface area contributed by atoms with E-state index in [-0.39, 0.29) is 0 Å². The third-order valence-corrected chi connectivity index (χ3v) is 4.94. The minimum absolute atomic E-state index is 0.343. The Labute approximate surface area is 132 Å². The second kappa shape index (κ2) is 5.50. The third-order valence-electron chi connectivity index (χ3n) is 4.06. The van der Waals surface area contributed by atoms with Gasteiger partial charge >= 0.3 is 0 Å². The molecule has 3 aromatic rings. The second-order valence-corrected chi connectivity index (χ2v) is 6.28. The zero-order valence-electron chi connectivity index (χ0n) is 12.0. The van der Waals surface area contributed by atoms with Gasteiger partial charge in [-0.25, -0.2) is 9.97 Å². The van der Waals surface area contributed by atoms with Crippen LogP contribution in [0.2, 0.25) is 0 Å². The van der Waals surface area contributed by atoms with Crippen LogP contribution in [-0.2, 0) is 4.79 Å². The van der Waals surface area contributed by atoms with Crippen LogP contribution in [-0.4, -0.2) is 28.8 Å². The zero-order valence-corrected chi connectivity index (χ0v) is 12.8. The van der Waals surface area contributed by atoms with Gasteiger partial charge in [-0.1, -0.05) is 30.3 Å². The molecule has 22 heavy (non-hydrogen) atoms. The summed E-state index contributed by atoms with van der Waals surface area (Å²) in [6, 6.07) is 10.3. The van der Waals surface area contributed by atoms with Gasteiger partial charge in [0.15, 0.2) is 0 Å². The Balaban J connectivity index is 1.85. The third kappa shape index (κ3) is 2.27. The fourth-order valence-corrected chi connectivity index (χ4v) is 3.81. The molecule has 1 aromatic carbocycles. The molecule has 0 saturated carbocycles. The Morgan fingerprint density at radius 2 is 1.82 bits per heavy atom. The summed E-state index contributed by atoms with van der Waals surface area (Å²) in [5.41, 5.74) is 2.35. The van der Waals surface area contributed by atoms with Gasteiger partial charge in [-0.05, 0) is 5.56 Å². The van der Waals surface area contributed by atoms with Gasteiger partial charge in [0, 0.05) is 36.9 Å². The lowest BCUT2D eigenvalue weighted by Gasteiger charge is -2.27. The number of rotatable bonds is 2. The van der Waals surface area contributed by atoms with Crippen LogP contribution < -0.4 is 4.90 Å². The van der Waals surface area contributed by atoms with Crippen molar-refractivity contribution in [3.63, 3.8) is 0 Å². The van der Waals surface area contributed by atoms with Crippen LogP contribution >= 0.6 is 11.3 Å². The molecule has 1 aliphatic heterocycles. The molecule has 0 aliphatic carbocycles. The molecular weight excluding hydrogens is 294 g/mol. The largest absolute Gasteiger partial charge is 0.355 e. The summed E-state index contributed by atoms with van der Waals surface area (Å²) >= 11 is 1.64. The van der Waals surface area contributed by atoms with E-state index in [2.05, 4.69) is 32.4 Å². The van der Waals surface area contributed by atoms with Gasteiger partial charge in [0.05, 0.1) is 5.39 Å². The van der Waals surface area contributed by atoms with Crippen molar-refractivity contribution in [3.8, 4) is 11.1 Å². The van der Waals surface area contributed by atoms with Crippen molar-refractivity contribution < 1.29 is 4.79 Å². The topological polar surface area (TPSA) is 46.1 Å². The highest BCUT2D eigenvalue weighted by Gasteiger charge is 2.22. The second-order valence-electron chi connectivity index (χ2n) is 5.42.